The number of halogens is 2. The predicted molar refractivity (Wildman–Crippen MR) is 78.9 cm³/mol. The molecule has 0 saturated carbocycles. The van der Waals surface area contributed by atoms with E-state index in [1.165, 1.54) is 25.2 Å². The van der Waals surface area contributed by atoms with Crippen molar-refractivity contribution in [2.24, 2.45) is 16.8 Å². The molecule has 1 aromatic rings. The molecule has 20 heavy (non-hydrogen) atoms. The highest BCUT2D eigenvalue weighted by Crippen LogP contribution is 2.24. The van der Waals surface area contributed by atoms with Crippen molar-refractivity contribution in [2.45, 2.75) is 11.8 Å². The van der Waals surface area contributed by atoms with Crippen LogP contribution < -0.4 is 5.73 Å². The van der Waals surface area contributed by atoms with Crippen LogP contribution in [0.4, 0.5) is 0 Å². The molecule has 0 aliphatic heterocycles. The second-order valence-electron chi connectivity index (χ2n) is 4.32. The van der Waals surface area contributed by atoms with Crippen LogP contribution in [0, 0.1) is 5.92 Å². The molecule has 1 atom stereocenters. The lowest BCUT2D eigenvalue weighted by atomic mass is 10.2. The third-order valence-electron chi connectivity index (χ3n) is 2.70. The summed E-state index contributed by atoms with van der Waals surface area (Å²) in [7, 11) is -2.35. The van der Waals surface area contributed by atoms with Gasteiger partial charge < -0.3 is 10.9 Å². The summed E-state index contributed by atoms with van der Waals surface area (Å²) in [6.07, 6.45) is 0. The first-order chi connectivity index (χ1) is 9.18. The quantitative estimate of drug-likeness (QED) is 0.371. The van der Waals surface area contributed by atoms with Crippen LogP contribution in [0.1, 0.15) is 6.92 Å². The lowest BCUT2D eigenvalue weighted by molar-refractivity contribution is 0.312. The number of hydrogen-bond donors (Lipinski definition) is 2. The maximum atomic E-state index is 12.3. The van der Waals surface area contributed by atoms with E-state index >= 15 is 0 Å². The number of rotatable bonds is 5. The third kappa shape index (κ3) is 3.99. The van der Waals surface area contributed by atoms with Gasteiger partial charge in [0.15, 0.2) is 0 Å². The molecule has 0 amide bonds. The average molecular weight is 340 g/mol. The van der Waals surface area contributed by atoms with Crippen LogP contribution >= 0.6 is 23.2 Å². The third-order valence-corrected chi connectivity index (χ3v) is 4.93. The van der Waals surface area contributed by atoms with E-state index < -0.39 is 15.9 Å². The van der Waals surface area contributed by atoms with Gasteiger partial charge in [-0.3, -0.25) is 0 Å². The van der Waals surface area contributed by atoms with Gasteiger partial charge in [0.2, 0.25) is 10.0 Å². The second kappa shape index (κ2) is 6.62. The average Bonchev–Trinajstić information content (AvgIpc) is 2.36. The zero-order chi connectivity index (χ0) is 15.5. The minimum absolute atomic E-state index is 0.00999. The van der Waals surface area contributed by atoms with Crippen LogP contribution in [-0.2, 0) is 10.0 Å². The first kappa shape index (κ1) is 17.0. The smallest absolute Gasteiger partial charge is 0.242 e. The summed E-state index contributed by atoms with van der Waals surface area (Å²) >= 11 is 11.6. The van der Waals surface area contributed by atoms with E-state index in [0.717, 1.165) is 4.31 Å². The van der Waals surface area contributed by atoms with Crippen LogP contribution in [0.5, 0.6) is 0 Å². The number of sulfonamides is 1. The topological polar surface area (TPSA) is 96.0 Å². The van der Waals surface area contributed by atoms with Crippen molar-refractivity contribution in [3.63, 3.8) is 0 Å². The summed E-state index contributed by atoms with van der Waals surface area (Å²) in [6.45, 7) is 1.70. The summed E-state index contributed by atoms with van der Waals surface area (Å²) in [4.78, 5) is -0.00999. The number of oxime groups is 1. The summed E-state index contributed by atoms with van der Waals surface area (Å²) in [5.41, 5.74) is 5.43. The van der Waals surface area contributed by atoms with Gasteiger partial charge in [-0.05, 0) is 18.2 Å². The Hall–Kier alpha value is -1.02. The molecule has 0 spiro atoms. The fourth-order valence-electron chi connectivity index (χ4n) is 1.53. The monoisotopic (exact) mass is 339 g/mol. The molecule has 1 unspecified atom stereocenters. The summed E-state index contributed by atoms with van der Waals surface area (Å²) in [5.74, 6) is -0.481. The molecule has 0 heterocycles. The van der Waals surface area contributed by atoms with Gasteiger partial charge in [0.25, 0.3) is 0 Å². The molecule has 0 saturated heterocycles. The zero-order valence-corrected chi connectivity index (χ0v) is 13.2. The summed E-state index contributed by atoms with van der Waals surface area (Å²) in [5, 5.41) is 11.9. The molecular formula is C11H15Cl2N3O3S. The van der Waals surface area contributed by atoms with Crippen LogP contribution in [0.15, 0.2) is 28.3 Å². The molecule has 112 valence electrons. The van der Waals surface area contributed by atoms with Crippen molar-refractivity contribution >= 4 is 39.1 Å². The van der Waals surface area contributed by atoms with Crippen molar-refractivity contribution in [1.82, 2.24) is 4.31 Å². The van der Waals surface area contributed by atoms with Crippen LogP contribution in [0.3, 0.4) is 0 Å². The van der Waals surface area contributed by atoms with Gasteiger partial charge in [-0.15, -0.1) is 0 Å². The minimum atomic E-state index is -3.75. The van der Waals surface area contributed by atoms with Crippen molar-refractivity contribution in [1.29, 1.82) is 0 Å². The summed E-state index contributed by atoms with van der Waals surface area (Å²) < 4.78 is 25.8. The molecular weight excluding hydrogens is 325 g/mol. The zero-order valence-electron chi connectivity index (χ0n) is 10.9. The largest absolute Gasteiger partial charge is 0.409 e. The molecule has 6 nitrogen and oxygen atoms in total. The first-order valence-electron chi connectivity index (χ1n) is 5.58. The number of nitrogens with zero attached hydrogens (tertiary/aromatic N) is 2. The fraction of sp³-hybridized carbons (Fsp3) is 0.364. The Kier molecular flexibility index (Phi) is 5.64. The van der Waals surface area contributed by atoms with Gasteiger partial charge in [-0.1, -0.05) is 35.3 Å². The van der Waals surface area contributed by atoms with Gasteiger partial charge in [-0.2, -0.15) is 0 Å². The van der Waals surface area contributed by atoms with Crippen LogP contribution in [-0.4, -0.2) is 37.4 Å². The lowest BCUT2D eigenvalue weighted by Gasteiger charge is -2.20. The SMILES string of the molecule is CC(CN(C)S(=O)(=O)c1cc(Cl)cc(Cl)c1)C(N)=NO. The number of amidine groups is 1. The van der Waals surface area contributed by atoms with Crippen LogP contribution in [0.25, 0.3) is 0 Å². The van der Waals surface area contributed by atoms with Gasteiger partial charge in [0.1, 0.15) is 5.84 Å². The Bertz CT molecular complexity index is 599. The van der Waals surface area contributed by atoms with Gasteiger partial charge in [-0.25, -0.2) is 12.7 Å². The highest BCUT2D eigenvalue weighted by Gasteiger charge is 2.24. The Balaban J connectivity index is 3.04. The predicted octanol–water partition coefficient (Wildman–Crippen LogP) is 2.00. The summed E-state index contributed by atoms with van der Waals surface area (Å²) in [6, 6.07) is 4.07. The van der Waals surface area contributed by atoms with Crippen molar-refractivity contribution in [3.8, 4) is 0 Å². The molecule has 1 rings (SSSR count). The number of nitrogens with two attached hydrogens (primary N) is 1. The molecule has 0 aliphatic carbocycles. The van der Waals surface area contributed by atoms with E-state index in [0.29, 0.717) is 0 Å². The highest BCUT2D eigenvalue weighted by molar-refractivity contribution is 7.89. The van der Waals surface area contributed by atoms with E-state index in [2.05, 4.69) is 5.16 Å². The fourth-order valence-corrected chi connectivity index (χ4v) is 3.52. The van der Waals surface area contributed by atoms with Gasteiger partial charge in [0.05, 0.1) is 4.90 Å². The van der Waals surface area contributed by atoms with Crippen molar-refractivity contribution in [2.75, 3.05) is 13.6 Å². The second-order valence-corrected chi connectivity index (χ2v) is 7.23. The first-order valence-corrected chi connectivity index (χ1v) is 7.78. The molecule has 0 fully saturated rings. The lowest BCUT2D eigenvalue weighted by Crippen LogP contribution is -2.36. The van der Waals surface area contributed by atoms with Crippen LogP contribution in [0.2, 0.25) is 10.0 Å². The minimum Gasteiger partial charge on any atom is -0.409 e. The van der Waals surface area contributed by atoms with E-state index in [1.54, 1.807) is 6.92 Å². The molecule has 0 aromatic heterocycles. The Labute approximate surface area is 127 Å². The Morgan fingerprint density at radius 3 is 2.35 bits per heavy atom. The molecule has 3 N–H and O–H groups in total. The molecule has 0 bridgehead atoms. The molecule has 0 radical (unpaired) electrons. The maximum Gasteiger partial charge on any atom is 0.242 e. The number of hydrogen-bond acceptors (Lipinski definition) is 4. The maximum absolute atomic E-state index is 12.3. The highest BCUT2D eigenvalue weighted by atomic mass is 35.5. The van der Waals surface area contributed by atoms with Crippen molar-refractivity contribution in [3.05, 3.63) is 28.2 Å². The Morgan fingerprint density at radius 1 is 1.40 bits per heavy atom. The van der Waals surface area contributed by atoms with E-state index in [1.807, 2.05) is 0 Å². The number of benzene rings is 1. The normalized spacial score (nSPS) is 14.6. The van der Waals surface area contributed by atoms with E-state index in [4.69, 9.17) is 34.1 Å². The Morgan fingerprint density at radius 2 is 1.90 bits per heavy atom. The molecule has 0 aliphatic rings. The van der Waals surface area contributed by atoms with E-state index in [-0.39, 0.29) is 27.3 Å². The van der Waals surface area contributed by atoms with Gasteiger partial charge >= 0.3 is 0 Å². The molecule has 1 aromatic carbocycles. The van der Waals surface area contributed by atoms with Crippen molar-refractivity contribution < 1.29 is 13.6 Å². The van der Waals surface area contributed by atoms with E-state index in [9.17, 15) is 8.42 Å². The van der Waals surface area contributed by atoms with Gasteiger partial charge in [0, 0.05) is 29.6 Å². The molecule has 9 heteroatoms. The standard InChI is InChI=1S/C11H15Cl2N3O3S/c1-7(11(14)15-17)6-16(2)20(18,19)10-4-8(12)3-9(13)5-10/h3-5,7,17H,6H2,1-2H3,(H2,14,15).